The van der Waals surface area contributed by atoms with Gasteiger partial charge in [-0.25, -0.2) is 9.59 Å². The van der Waals surface area contributed by atoms with E-state index in [-0.39, 0.29) is 6.61 Å². The van der Waals surface area contributed by atoms with Crippen molar-refractivity contribution >= 4 is 11.9 Å². The van der Waals surface area contributed by atoms with E-state index in [9.17, 15) is 9.59 Å². The lowest BCUT2D eigenvalue weighted by molar-refractivity contribution is -0.191. The minimum atomic E-state index is -0.747. The number of cyclic esters (lactones) is 2. The number of terminal acetylenes is 1. The summed E-state index contributed by atoms with van der Waals surface area (Å²) < 4.78 is 9.19. The molecule has 0 amide bonds. The maximum Gasteiger partial charge on any atom is 0.347 e. The number of carbonyl (C=O) groups excluding carboxylic acids is 2. The summed E-state index contributed by atoms with van der Waals surface area (Å²) in [5.41, 5.74) is 0. The summed E-state index contributed by atoms with van der Waals surface area (Å²) in [6, 6.07) is 0. The van der Waals surface area contributed by atoms with Crippen molar-refractivity contribution in [1.29, 1.82) is 0 Å². The highest BCUT2D eigenvalue weighted by Crippen LogP contribution is 2.08. The normalized spacial score (nSPS) is 25.0. The summed E-state index contributed by atoms with van der Waals surface area (Å²) in [6.07, 6.45) is 3.03. The van der Waals surface area contributed by atoms with Crippen molar-refractivity contribution in [3.8, 4) is 12.3 Å². The van der Waals surface area contributed by atoms with Crippen molar-refractivity contribution in [2.24, 2.45) is 0 Å². The standard InChI is InChI=1S/C6H8O4.C3H4O/c1-3-5(7)10-4(2)6(8)9-3;1-2-3-4/h3-4H,1-2H3;1,4H,3H2. The van der Waals surface area contributed by atoms with Gasteiger partial charge in [0.25, 0.3) is 0 Å². The van der Waals surface area contributed by atoms with Crippen LogP contribution in [0.2, 0.25) is 0 Å². The van der Waals surface area contributed by atoms with E-state index in [0.29, 0.717) is 0 Å². The lowest BCUT2D eigenvalue weighted by Crippen LogP contribution is -2.40. The van der Waals surface area contributed by atoms with Crippen LogP contribution in [0, 0.1) is 12.3 Å². The van der Waals surface area contributed by atoms with Crippen molar-refractivity contribution in [2.75, 3.05) is 6.61 Å². The molecule has 0 aliphatic carbocycles. The van der Waals surface area contributed by atoms with E-state index in [1.165, 1.54) is 13.8 Å². The molecule has 2 unspecified atom stereocenters. The number of hydrogen-bond donors (Lipinski definition) is 1. The molecule has 0 saturated carbocycles. The van der Waals surface area contributed by atoms with E-state index >= 15 is 0 Å². The fourth-order valence-electron chi connectivity index (χ4n) is 0.636. The average molecular weight is 200 g/mol. The van der Waals surface area contributed by atoms with Gasteiger partial charge in [0.05, 0.1) is 0 Å². The first-order valence-electron chi connectivity index (χ1n) is 3.98. The third-order valence-corrected chi connectivity index (χ3v) is 1.34. The minimum absolute atomic E-state index is 0.153. The number of ether oxygens (including phenoxy) is 2. The Morgan fingerprint density at radius 2 is 1.57 bits per heavy atom. The molecule has 1 fully saturated rings. The van der Waals surface area contributed by atoms with Crippen molar-refractivity contribution in [2.45, 2.75) is 26.1 Å². The van der Waals surface area contributed by atoms with Crippen LogP contribution in [-0.2, 0) is 19.1 Å². The maximum atomic E-state index is 10.7. The van der Waals surface area contributed by atoms with Gasteiger partial charge in [0.15, 0.2) is 12.2 Å². The van der Waals surface area contributed by atoms with Gasteiger partial charge in [-0.1, -0.05) is 5.92 Å². The zero-order valence-electron chi connectivity index (χ0n) is 8.02. The fourth-order valence-corrected chi connectivity index (χ4v) is 0.636. The van der Waals surface area contributed by atoms with Crippen LogP contribution in [0.3, 0.4) is 0 Å². The number of rotatable bonds is 0. The van der Waals surface area contributed by atoms with Crippen LogP contribution in [0.1, 0.15) is 13.8 Å². The summed E-state index contributed by atoms with van der Waals surface area (Å²) in [5.74, 6) is 1.03. The molecule has 5 heteroatoms. The molecular formula is C9H12O5. The Hall–Kier alpha value is -1.54. The molecule has 1 rings (SSSR count). The van der Waals surface area contributed by atoms with E-state index in [4.69, 9.17) is 5.11 Å². The molecule has 0 radical (unpaired) electrons. The summed E-state index contributed by atoms with van der Waals surface area (Å²) in [6.45, 7) is 2.80. The highest BCUT2D eigenvalue weighted by molar-refractivity contribution is 5.86. The van der Waals surface area contributed by atoms with Gasteiger partial charge in [0.2, 0.25) is 0 Å². The Morgan fingerprint density at radius 3 is 1.79 bits per heavy atom. The van der Waals surface area contributed by atoms with Gasteiger partial charge in [-0.05, 0) is 13.8 Å². The molecule has 0 aromatic rings. The monoisotopic (exact) mass is 200 g/mol. The molecular weight excluding hydrogens is 188 g/mol. The first-order chi connectivity index (χ1) is 6.52. The summed E-state index contributed by atoms with van der Waals surface area (Å²) in [7, 11) is 0. The predicted octanol–water partition coefficient (Wildman–Crippen LogP) is -0.525. The molecule has 0 aromatic heterocycles. The predicted molar refractivity (Wildman–Crippen MR) is 47.0 cm³/mol. The second-order valence-corrected chi connectivity index (χ2v) is 2.52. The number of carbonyl (C=O) groups is 2. The summed E-state index contributed by atoms with van der Waals surface area (Å²) >= 11 is 0. The van der Waals surface area contributed by atoms with Gasteiger partial charge >= 0.3 is 11.9 Å². The molecule has 1 aliphatic rings. The third kappa shape index (κ3) is 3.92. The van der Waals surface area contributed by atoms with Crippen molar-refractivity contribution < 1.29 is 24.2 Å². The lowest BCUT2D eigenvalue weighted by atomic mass is 10.3. The van der Waals surface area contributed by atoms with Crippen LogP contribution in [0.15, 0.2) is 0 Å². The van der Waals surface area contributed by atoms with Gasteiger partial charge in [0.1, 0.15) is 6.61 Å². The first kappa shape index (κ1) is 12.5. The zero-order valence-corrected chi connectivity index (χ0v) is 8.02. The van der Waals surface area contributed by atoms with Crippen LogP contribution in [0.25, 0.3) is 0 Å². The second-order valence-electron chi connectivity index (χ2n) is 2.52. The smallest absolute Gasteiger partial charge is 0.347 e. The van der Waals surface area contributed by atoms with Crippen LogP contribution in [0.4, 0.5) is 0 Å². The van der Waals surface area contributed by atoms with Crippen molar-refractivity contribution in [3.05, 3.63) is 0 Å². The number of esters is 2. The average Bonchev–Trinajstić information content (AvgIpc) is 2.15. The van der Waals surface area contributed by atoms with E-state index in [1.54, 1.807) is 0 Å². The van der Waals surface area contributed by atoms with Crippen LogP contribution < -0.4 is 0 Å². The quantitative estimate of drug-likeness (QED) is 0.420. The number of hydrogen-bond acceptors (Lipinski definition) is 5. The Kier molecular flexibility index (Phi) is 5.34. The molecule has 14 heavy (non-hydrogen) atoms. The van der Waals surface area contributed by atoms with Gasteiger partial charge in [0, 0.05) is 0 Å². The SMILES string of the molecule is C#CCO.CC1OC(=O)C(C)OC1=O. The van der Waals surface area contributed by atoms with Crippen molar-refractivity contribution in [3.63, 3.8) is 0 Å². The van der Waals surface area contributed by atoms with E-state index in [0.717, 1.165) is 0 Å². The van der Waals surface area contributed by atoms with Gasteiger partial charge in [-0.3, -0.25) is 0 Å². The Morgan fingerprint density at radius 1 is 1.29 bits per heavy atom. The highest BCUT2D eigenvalue weighted by atomic mass is 16.6. The molecule has 0 bridgehead atoms. The van der Waals surface area contributed by atoms with Crippen LogP contribution in [-0.4, -0.2) is 35.9 Å². The highest BCUT2D eigenvalue weighted by Gasteiger charge is 2.32. The molecule has 1 aliphatic heterocycles. The van der Waals surface area contributed by atoms with Crippen LogP contribution in [0.5, 0.6) is 0 Å². The summed E-state index contributed by atoms with van der Waals surface area (Å²) in [4.78, 5) is 21.3. The summed E-state index contributed by atoms with van der Waals surface area (Å²) in [5, 5.41) is 7.64. The zero-order chi connectivity index (χ0) is 11.1. The number of aliphatic hydroxyl groups is 1. The van der Waals surface area contributed by atoms with Crippen LogP contribution >= 0.6 is 0 Å². The molecule has 0 aromatic carbocycles. The van der Waals surface area contributed by atoms with E-state index in [1.807, 2.05) is 5.92 Å². The van der Waals surface area contributed by atoms with E-state index in [2.05, 4.69) is 15.9 Å². The Balaban J connectivity index is 0.000000364. The minimum Gasteiger partial charge on any atom is -0.448 e. The van der Waals surface area contributed by atoms with Gasteiger partial charge in [-0.15, -0.1) is 6.42 Å². The molecule has 1 N–H and O–H groups in total. The Labute approximate surface area is 82.0 Å². The third-order valence-electron chi connectivity index (χ3n) is 1.34. The molecule has 78 valence electrons. The molecule has 1 saturated heterocycles. The molecule has 5 nitrogen and oxygen atoms in total. The number of aliphatic hydroxyl groups excluding tert-OH is 1. The molecule has 1 heterocycles. The molecule has 0 spiro atoms. The maximum absolute atomic E-state index is 10.7. The topological polar surface area (TPSA) is 72.8 Å². The van der Waals surface area contributed by atoms with Gasteiger partial charge in [-0.2, -0.15) is 0 Å². The van der Waals surface area contributed by atoms with E-state index < -0.39 is 24.1 Å². The van der Waals surface area contributed by atoms with Gasteiger partial charge < -0.3 is 14.6 Å². The lowest BCUT2D eigenvalue weighted by Gasteiger charge is -2.22. The second kappa shape index (κ2) is 6.00. The first-order valence-corrected chi connectivity index (χ1v) is 3.98. The largest absolute Gasteiger partial charge is 0.448 e. The Bertz CT molecular complexity index is 232. The molecule has 2 atom stereocenters. The fraction of sp³-hybridized carbons (Fsp3) is 0.556. The van der Waals surface area contributed by atoms with Crippen molar-refractivity contribution in [1.82, 2.24) is 0 Å².